The second-order valence-electron chi connectivity index (χ2n) is 5.32. The monoisotopic (exact) mass is 262 g/mol. The third kappa shape index (κ3) is 2.22. The van der Waals surface area contributed by atoms with Gasteiger partial charge < -0.3 is 5.32 Å². The number of nitrogens with one attached hydrogen (secondary N) is 1. The first kappa shape index (κ1) is 12.2. The molecule has 2 fully saturated rings. The summed E-state index contributed by atoms with van der Waals surface area (Å²) in [6.07, 6.45) is 6.17. The van der Waals surface area contributed by atoms with Crippen LogP contribution < -0.4 is 5.32 Å². The fourth-order valence-corrected chi connectivity index (χ4v) is 2.98. The molecule has 1 aliphatic carbocycles. The summed E-state index contributed by atoms with van der Waals surface area (Å²) in [7, 11) is 1.82. The fourth-order valence-electron chi connectivity index (χ4n) is 2.98. The number of rotatable bonds is 3. The van der Waals surface area contributed by atoms with Gasteiger partial charge in [-0.2, -0.15) is 5.10 Å². The Labute approximate surface area is 111 Å². The minimum atomic E-state index is -0.456. The molecule has 6 heteroatoms. The molecule has 1 N–H and O–H groups in total. The number of likely N-dealkylation sites (tertiary alicyclic amines) is 1. The molecule has 0 aromatic carbocycles. The summed E-state index contributed by atoms with van der Waals surface area (Å²) in [4.78, 5) is 25.8. The number of anilines is 1. The molecule has 1 aromatic rings. The number of carbonyl (C=O) groups excluding carboxylic acids is 2. The number of amides is 2. The van der Waals surface area contributed by atoms with Crippen molar-refractivity contribution in [2.45, 2.75) is 44.2 Å². The van der Waals surface area contributed by atoms with Crippen LogP contribution in [0.5, 0.6) is 0 Å². The molecule has 1 atom stereocenters. The first-order valence-corrected chi connectivity index (χ1v) is 6.77. The van der Waals surface area contributed by atoms with Crippen molar-refractivity contribution in [3.05, 3.63) is 12.3 Å². The molecular formula is C13H18N4O2. The Morgan fingerprint density at radius 2 is 2.05 bits per heavy atom. The Hall–Kier alpha value is -1.85. The van der Waals surface area contributed by atoms with Gasteiger partial charge >= 0.3 is 0 Å². The van der Waals surface area contributed by atoms with Crippen molar-refractivity contribution < 1.29 is 9.59 Å². The topological polar surface area (TPSA) is 67.2 Å². The van der Waals surface area contributed by atoms with E-state index in [0.29, 0.717) is 5.82 Å². The van der Waals surface area contributed by atoms with E-state index in [2.05, 4.69) is 10.4 Å². The molecule has 0 bridgehead atoms. The van der Waals surface area contributed by atoms with Crippen LogP contribution in [-0.4, -0.2) is 38.6 Å². The molecule has 1 aromatic heterocycles. The van der Waals surface area contributed by atoms with Crippen molar-refractivity contribution in [3.8, 4) is 0 Å². The first-order valence-electron chi connectivity index (χ1n) is 6.77. The molecule has 1 unspecified atom stereocenters. The number of aryl methyl sites for hydroxylation is 1. The van der Waals surface area contributed by atoms with Crippen LogP contribution >= 0.6 is 0 Å². The van der Waals surface area contributed by atoms with Crippen LogP contribution in [0.1, 0.15) is 32.1 Å². The summed E-state index contributed by atoms with van der Waals surface area (Å²) >= 11 is 0. The minimum absolute atomic E-state index is 0.0506. The van der Waals surface area contributed by atoms with Gasteiger partial charge in [0.1, 0.15) is 11.9 Å². The Morgan fingerprint density at radius 3 is 2.68 bits per heavy atom. The van der Waals surface area contributed by atoms with Gasteiger partial charge in [-0.25, -0.2) is 0 Å². The third-order valence-corrected chi connectivity index (χ3v) is 3.91. The molecule has 1 saturated carbocycles. The van der Waals surface area contributed by atoms with Gasteiger partial charge in [0.05, 0.1) is 6.42 Å². The highest BCUT2D eigenvalue weighted by Crippen LogP contribution is 2.28. The Kier molecular flexibility index (Phi) is 3.00. The summed E-state index contributed by atoms with van der Waals surface area (Å²) in [5.74, 6) is 0.495. The summed E-state index contributed by atoms with van der Waals surface area (Å²) < 4.78 is 1.67. The summed E-state index contributed by atoms with van der Waals surface area (Å²) in [6, 6.07) is 1.47. The normalized spacial score (nSPS) is 24.5. The summed E-state index contributed by atoms with van der Waals surface area (Å²) in [5, 5.41) is 7.23. The lowest BCUT2D eigenvalue weighted by Gasteiger charge is -2.22. The van der Waals surface area contributed by atoms with Crippen molar-refractivity contribution in [2.24, 2.45) is 7.05 Å². The SMILES string of the molecule is Cn1ccc(NC2CC(=O)N(C3CCCC3)C2=O)n1. The highest BCUT2D eigenvalue weighted by molar-refractivity contribution is 6.07. The van der Waals surface area contributed by atoms with Crippen LogP contribution in [0, 0.1) is 0 Å². The molecule has 1 saturated heterocycles. The fraction of sp³-hybridized carbons (Fsp3) is 0.615. The van der Waals surface area contributed by atoms with E-state index in [1.54, 1.807) is 16.9 Å². The predicted molar refractivity (Wildman–Crippen MR) is 69.3 cm³/mol. The average Bonchev–Trinajstić information content (AvgIpc) is 3.04. The van der Waals surface area contributed by atoms with Crippen LogP contribution in [0.15, 0.2) is 12.3 Å². The van der Waals surface area contributed by atoms with Gasteiger partial charge in [0.25, 0.3) is 5.91 Å². The van der Waals surface area contributed by atoms with E-state index in [9.17, 15) is 9.59 Å². The Morgan fingerprint density at radius 1 is 1.32 bits per heavy atom. The van der Waals surface area contributed by atoms with Crippen LogP contribution in [0.4, 0.5) is 5.82 Å². The molecular weight excluding hydrogens is 244 g/mol. The molecule has 0 radical (unpaired) electrons. The number of carbonyl (C=O) groups is 2. The second-order valence-corrected chi connectivity index (χ2v) is 5.32. The van der Waals surface area contributed by atoms with Gasteiger partial charge in [-0.15, -0.1) is 0 Å². The number of imide groups is 1. The van der Waals surface area contributed by atoms with Gasteiger partial charge in [-0.3, -0.25) is 19.2 Å². The zero-order valence-electron chi connectivity index (χ0n) is 11.0. The van der Waals surface area contributed by atoms with Gasteiger partial charge in [0, 0.05) is 25.4 Å². The van der Waals surface area contributed by atoms with E-state index in [1.807, 2.05) is 7.05 Å². The van der Waals surface area contributed by atoms with E-state index < -0.39 is 6.04 Å². The lowest BCUT2D eigenvalue weighted by atomic mass is 10.2. The minimum Gasteiger partial charge on any atom is -0.356 e. The zero-order valence-corrected chi connectivity index (χ0v) is 11.0. The summed E-state index contributed by atoms with van der Waals surface area (Å²) in [5.41, 5.74) is 0. The van der Waals surface area contributed by atoms with E-state index >= 15 is 0 Å². The molecule has 2 amide bonds. The largest absolute Gasteiger partial charge is 0.356 e. The smallest absolute Gasteiger partial charge is 0.252 e. The van der Waals surface area contributed by atoms with Crippen molar-refractivity contribution >= 4 is 17.6 Å². The lowest BCUT2D eigenvalue weighted by molar-refractivity contribution is -0.141. The zero-order chi connectivity index (χ0) is 13.4. The van der Waals surface area contributed by atoms with Crippen LogP contribution in [-0.2, 0) is 16.6 Å². The molecule has 1 aliphatic heterocycles. The number of hydrogen-bond acceptors (Lipinski definition) is 4. The number of hydrogen-bond donors (Lipinski definition) is 1. The standard InChI is InChI=1S/C13H18N4O2/c1-16-7-6-11(15-16)14-10-8-12(18)17(13(10)19)9-4-2-3-5-9/h6-7,9-10H,2-5,8H2,1H3,(H,14,15). The maximum Gasteiger partial charge on any atom is 0.252 e. The number of nitrogens with zero attached hydrogens (tertiary/aromatic N) is 3. The molecule has 19 heavy (non-hydrogen) atoms. The van der Waals surface area contributed by atoms with E-state index in [1.165, 1.54) is 4.90 Å². The first-order chi connectivity index (χ1) is 9.15. The predicted octanol–water partition coefficient (Wildman–Crippen LogP) is 0.902. The van der Waals surface area contributed by atoms with E-state index in [0.717, 1.165) is 25.7 Å². The quantitative estimate of drug-likeness (QED) is 0.822. The molecule has 6 nitrogen and oxygen atoms in total. The van der Waals surface area contributed by atoms with Gasteiger partial charge in [0.15, 0.2) is 0 Å². The molecule has 2 heterocycles. The second kappa shape index (κ2) is 4.68. The molecule has 102 valence electrons. The maximum absolute atomic E-state index is 12.3. The van der Waals surface area contributed by atoms with Crippen molar-refractivity contribution in [1.29, 1.82) is 0 Å². The molecule has 3 rings (SSSR count). The Balaban J connectivity index is 1.71. The van der Waals surface area contributed by atoms with Crippen LogP contribution in [0.2, 0.25) is 0 Å². The number of aromatic nitrogens is 2. The maximum atomic E-state index is 12.3. The van der Waals surface area contributed by atoms with Crippen molar-refractivity contribution in [3.63, 3.8) is 0 Å². The molecule has 0 spiro atoms. The highest BCUT2D eigenvalue weighted by Gasteiger charge is 2.43. The lowest BCUT2D eigenvalue weighted by Crippen LogP contribution is -2.41. The van der Waals surface area contributed by atoms with Gasteiger partial charge in [-0.05, 0) is 12.8 Å². The molecule has 2 aliphatic rings. The average molecular weight is 262 g/mol. The third-order valence-electron chi connectivity index (χ3n) is 3.91. The summed E-state index contributed by atoms with van der Waals surface area (Å²) in [6.45, 7) is 0. The highest BCUT2D eigenvalue weighted by atomic mass is 16.2. The van der Waals surface area contributed by atoms with Crippen LogP contribution in [0.3, 0.4) is 0 Å². The van der Waals surface area contributed by atoms with E-state index in [-0.39, 0.29) is 24.3 Å². The van der Waals surface area contributed by atoms with Gasteiger partial charge in [0.2, 0.25) is 5.91 Å². The Bertz CT molecular complexity index is 504. The van der Waals surface area contributed by atoms with Crippen LogP contribution in [0.25, 0.3) is 0 Å². The van der Waals surface area contributed by atoms with E-state index in [4.69, 9.17) is 0 Å². The van der Waals surface area contributed by atoms with Crippen molar-refractivity contribution in [2.75, 3.05) is 5.32 Å². The van der Waals surface area contributed by atoms with Crippen molar-refractivity contribution in [1.82, 2.24) is 14.7 Å². The van der Waals surface area contributed by atoms with Gasteiger partial charge in [-0.1, -0.05) is 12.8 Å².